The smallest absolute Gasteiger partial charge is 0.323 e. The first-order chi connectivity index (χ1) is 17.2. The molecule has 15 nitrogen and oxygen atoms in total. The van der Waals surface area contributed by atoms with Crippen molar-refractivity contribution in [1.29, 1.82) is 0 Å². The van der Waals surface area contributed by atoms with Crippen molar-refractivity contribution in [2.75, 3.05) is 19.8 Å². The zero-order valence-corrected chi connectivity index (χ0v) is 19.2. The molecule has 0 spiro atoms. The van der Waals surface area contributed by atoms with Gasteiger partial charge in [0.15, 0.2) is 12.2 Å². The van der Waals surface area contributed by atoms with Gasteiger partial charge in [0.2, 0.25) is 0 Å². The summed E-state index contributed by atoms with van der Waals surface area (Å²) in [7, 11) is 0. The number of nitrogens with zero attached hydrogens (tertiary/aromatic N) is 2. The van der Waals surface area contributed by atoms with Crippen molar-refractivity contribution in [2.45, 2.75) is 62.2 Å². The van der Waals surface area contributed by atoms with E-state index in [0.717, 1.165) is 5.56 Å². The average Bonchev–Trinajstić information content (AvgIpc) is 3.41. The highest BCUT2D eigenvalue weighted by Gasteiger charge is 2.51. The lowest BCUT2D eigenvalue weighted by atomic mass is 10.1. The third kappa shape index (κ3) is 8.00. The second-order valence-corrected chi connectivity index (χ2v) is 8.26. The number of nitrogens with two attached hydrogens (primary N) is 1. The Labute approximate surface area is 204 Å². The molecule has 1 aromatic carbocycles. The molecule has 36 heavy (non-hydrogen) atoms. The van der Waals surface area contributed by atoms with Crippen LogP contribution >= 0.6 is 0 Å². The van der Waals surface area contributed by atoms with Gasteiger partial charge in [0.1, 0.15) is 31.0 Å². The summed E-state index contributed by atoms with van der Waals surface area (Å²) in [5.74, 6) is -1.21. The van der Waals surface area contributed by atoms with Crippen molar-refractivity contribution in [2.24, 2.45) is 5.73 Å². The number of hydrogen-bond donors (Lipinski definition) is 1. The third-order valence-corrected chi connectivity index (χ3v) is 5.62. The third-order valence-electron chi connectivity index (χ3n) is 5.62. The highest BCUT2D eigenvalue weighted by atomic mass is 17.0. The van der Waals surface area contributed by atoms with Gasteiger partial charge in [-0.05, 0) is 24.8 Å². The number of esters is 2. The molecule has 2 aliphatic heterocycles. The molecule has 2 heterocycles. The quantitative estimate of drug-likeness (QED) is 0.200. The van der Waals surface area contributed by atoms with Crippen molar-refractivity contribution in [3.8, 4) is 0 Å². The molecule has 3 rings (SSSR count). The summed E-state index contributed by atoms with van der Waals surface area (Å²) in [6.07, 6.45) is -3.65. The van der Waals surface area contributed by atoms with E-state index in [-0.39, 0.29) is 32.5 Å². The van der Waals surface area contributed by atoms with Crippen LogP contribution in [-0.4, -0.2) is 78.5 Å². The average molecular weight is 513 g/mol. The highest BCUT2D eigenvalue weighted by Crippen LogP contribution is 2.31. The molecule has 0 aromatic heterocycles. The van der Waals surface area contributed by atoms with E-state index in [1.807, 2.05) is 30.3 Å². The Morgan fingerprint density at radius 2 is 1.67 bits per heavy atom. The number of ether oxygens (including phenoxy) is 4. The van der Waals surface area contributed by atoms with E-state index in [1.165, 1.54) is 0 Å². The molecule has 2 fully saturated rings. The Kier molecular flexibility index (Phi) is 9.72. The molecule has 0 radical (unpaired) electrons. The minimum Gasteiger partial charge on any atom is -0.457 e. The molecule has 6 atom stereocenters. The summed E-state index contributed by atoms with van der Waals surface area (Å²) in [6.45, 7) is -0.551. The zero-order chi connectivity index (χ0) is 26.1. The van der Waals surface area contributed by atoms with Gasteiger partial charge in [0.25, 0.3) is 10.2 Å². The predicted molar refractivity (Wildman–Crippen MR) is 116 cm³/mol. The minimum atomic E-state index is -1.21. The van der Waals surface area contributed by atoms with E-state index in [0.29, 0.717) is 6.42 Å². The molecule has 2 saturated heterocycles. The molecular formula is C21H27N3O12. The standard InChI is InChI=1S/C21H27N3O12/c22-15(9-13-5-2-1-3-6-13)21(26)35-17-12-32-19-16(11-31-20(17)19)34-18(25)8-4-7-14(36-24(29)30)10-33-23(27)28/h1-3,5-6,14-17,19-20H,4,7-12,22H2/t14?,15-,16+,17+,19+,20+/m0/s1. The first-order valence-electron chi connectivity index (χ1n) is 11.2. The largest absolute Gasteiger partial charge is 0.457 e. The number of carbonyl (C=O) groups excluding carboxylic acids is 2. The van der Waals surface area contributed by atoms with E-state index in [9.17, 15) is 29.8 Å². The molecule has 1 unspecified atom stereocenters. The number of carbonyl (C=O) groups is 2. The summed E-state index contributed by atoms with van der Waals surface area (Å²) >= 11 is 0. The second kappa shape index (κ2) is 12.9. The monoisotopic (exact) mass is 513 g/mol. The van der Waals surface area contributed by atoms with Gasteiger partial charge in [0.05, 0.1) is 13.2 Å². The Morgan fingerprint density at radius 3 is 2.28 bits per heavy atom. The fourth-order valence-electron chi connectivity index (χ4n) is 3.95. The van der Waals surface area contributed by atoms with Crippen molar-refractivity contribution in [3.63, 3.8) is 0 Å². The molecule has 2 aliphatic rings. The molecule has 0 saturated carbocycles. The Hall–Kier alpha value is -3.56. The number of fused-ring (bicyclic) bond motifs is 1. The van der Waals surface area contributed by atoms with Gasteiger partial charge in [-0.2, -0.15) is 0 Å². The Morgan fingerprint density at radius 1 is 1.03 bits per heavy atom. The molecule has 15 heteroatoms. The van der Waals surface area contributed by atoms with Gasteiger partial charge in [-0.25, -0.2) is 0 Å². The molecule has 2 N–H and O–H groups in total. The van der Waals surface area contributed by atoms with Gasteiger partial charge < -0.3 is 34.4 Å². The predicted octanol–water partition coefficient (Wildman–Crippen LogP) is 0.133. The first kappa shape index (κ1) is 27.0. The van der Waals surface area contributed by atoms with Crippen LogP contribution in [0.4, 0.5) is 0 Å². The summed E-state index contributed by atoms with van der Waals surface area (Å²) in [5.41, 5.74) is 6.87. The Bertz CT molecular complexity index is 917. The van der Waals surface area contributed by atoms with E-state index in [4.69, 9.17) is 24.7 Å². The molecular weight excluding hydrogens is 486 g/mol. The van der Waals surface area contributed by atoms with Crippen molar-refractivity contribution < 1.29 is 48.4 Å². The van der Waals surface area contributed by atoms with Crippen LogP contribution in [0.2, 0.25) is 0 Å². The van der Waals surface area contributed by atoms with Crippen LogP contribution in [0.3, 0.4) is 0 Å². The van der Waals surface area contributed by atoms with Crippen LogP contribution in [0.25, 0.3) is 0 Å². The molecule has 198 valence electrons. The minimum absolute atomic E-state index is 0.0366. The fraction of sp³-hybridized carbons (Fsp3) is 0.619. The molecule has 0 aliphatic carbocycles. The fourth-order valence-corrected chi connectivity index (χ4v) is 3.95. The summed E-state index contributed by atoms with van der Waals surface area (Å²) in [5, 5.41) is 18.6. The van der Waals surface area contributed by atoms with Crippen molar-refractivity contribution in [1.82, 2.24) is 0 Å². The Balaban J connectivity index is 1.40. The van der Waals surface area contributed by atoms with Gasteiger partial charge in [-0.3, -0.25) is 9.59 Å². The first-order valence-corrected chi connectivity index (χ1v) is 11.2. The highest BCUT2D eigenvalue weighted by molar-refractivity contribution is 5.76. The van der Waals surface area contributed by atoms with Gasteiger partial charge in [-0.1, -0.05) is 30.3 Å². The van der Waals surface area contributed by atoms with E-state index < -0.39 is 65.3 Å². The second-order valence-electron chi connectivity index (χ2n) is 8.26. The van der Waals surface area contributed by atoms with Crippen LogP contribution in [0.1, 0.15) is 24.8 Å². The maximum Gasteiger partial charge on any atom is 0.323 e. The molecule has 0 amide bonds. The van der Waals surface area contributed by atoms with Crippen LogP contribution in [0.5, 0.6) is 0 Å². The topological polar surface area (TPSA) is 202 Å². The maximum absolute atomic E-state index is 12.4. The molecule has 1 aromatic rings. The lowest BCUT2D eigenvalue weighted by Crippen LogP contribution is -2.41. The lowest BCUT2D eigenvalue weighted by Gasteiger charge is -2.19. The van der Waals surface area contributed by atoms with Crippen molar-refractivity contribution >= 4 is 11.9 Å². The molecule has 0 bridgehead atoms. The number of rotatable bonds is 14. The SMILES string of the molecule is N[C@@H](Cc1ccccc1)C(=O)O[C@@H]1CO[C@H]2[C@@H]1OC[C@H]2OC(=O)CCCC(CO[N+](=O)[O-])O[N+](=O)[O-]. The number of benzene rings is 1. The van der Waals surface area contributed by atoms with Gasteiger partial charge >= 0.3 is 11.9 Å². The van der Waals surface area contributed by atoms with Gasteiger partial charge in [0, 0.05) is 6.42 Å². The summed E-state index contributed by atoms with van der Waals surface area (Å²) < 4.78 is 22.2. The van der Waals surface area contributed by atoms with Gasteiger partial charge in [-0.15, -0.1) is 20.2 Å². The lowest BCUT2D eigenvalue weighted by molar-refractivity contribution is -0.790. The normalized spacial score (nSPS) is 24.2. The van der Waals surface area contributed by atoms with Crippen LogP contribution in [0, 0.1) is 20.2 Å². The zero-order valence-electron chi connectivity index (χ0n) is 19.2. The van der Waals surface area contributed by atoms with E-state index >= 15 is 0 Å². The summed E-state index contributed by atoms with van der Waals surface area (Å²) in [6, 6.07) is 8.41. The van der Waals surface area contributed by atoms with Crippen LogP contribution < -0.4 is 5.73 Å². The maximum atomic E-state index is 12.4. The van der Waals surface area contributed by atoms with E-state index in [1.54, 1.807) is 0 Å². The van der Waals surface area contributed by atoms with Crippen molar-refractivity contribution in [3.05, 3.63) is 56.1 Å². The van der Waals surface area contributed by atoms with Crippen LogP contribution in [-0.2, 0) is 44.6 Å². The summed E-state index contributed by atoms with van der Waals surface area (Å²) in [4.78, 5) is 53.9. The van der Waals surface area contributed by atoms with Crippen LogP contribution in [0.15, 0.2) is 30.3 Å². The van der Waals surface area contributed by atoms with E-state index in [2.05, 4.69) is 9.68 Å². The number of hydrogen-bond acceptors (Lipinski definition) is 13.